The highest BCUT2D eigenvalue weighted by atomic mass is 19.1. The summed E-state index contributed by atoms with van der Waals surface area (Å²) in [5, 5.41) is 1.25. The van der Waals surface area contributed by atoms with Crippen LogP contribution in [0.25, 0.3) is 10.9 Å². The number of ketones is 1. The van der Waals surface area contributed by atoms with Crippen LogP contribution in [0.15, 0.2) is 67.8 Å². The van der Waals surface area contributed by atoms with E-state index in [0.29, 0.717) is 5.52 Å². The molecule has 0 radical (unpaired) electrons. The number of allylic oxidation sites excluding steroid dienone is 1. The molecule has 0 aliphatic heterocycles. The molecule has 0 bridgehead atoms. The van der Waals surface area contributed by atoms with E-state index in [9.17, 15) is 14.0 Å². The predicted molar refractivity (Wildman–Crippen MR) is 133 cm³/mol. The minimum atomic E-state index is -0.615. The smallest absolute Gasteiger partial charge is 0.253 e. The van der Waals surface area contributed by atoms with Crippen LogP contribution in [0.1, 0.15) is 20.7 Å². The molecule has 180 valence electrons. The van der Waals surface area contributed by atoms with Gasteiger partial charge in [-0.05, 0) is 32.3 Å². The lowest BCUT2D eigenvalue weighted by molar-refractivity contribution is 0.0786. The van der Waals surface area contributed by atoms with Crippen LogP contribution in [-0.2, 0) is 0 Å². The van der Waals surface area contributed by atoms with E-state index in [1.807, 2.05) is 51.5 Å². The van der Waals surface area contributed by atoms with E-state index >= 15 is 0 Å². The number of carbonyl (C=O) groups excluding carboxylic acids is 2. The second-order valence-electron chi connectivity index (χ2n) is 7.60. The molecular weight excluding hydrogens is 437 g/mol. The van der Waals surface area contributed by atoms with Gasteiger partial charge in [-0.2, -0.15) is 0 Å². The van der Waals surface area contributed by atoms with E-state index in [-0.39, 0.29) is 28.5 Å². The van der Waals surface area contributed by atoms with Gasteiger partial charge in [0.05, 0.1) is 22.7 Å². The Morgan fingerprint density at radius 2 is 1.85 bits per heavy atom. The number of anilines is 1. The maximum atomic E-state index is 13.8. The number of pyridine rings is 1. The van der Waals surface area contributed by atoms with E-state index in [0.717, 1.165) is 35.9 Å². The average molecular weight is 468 g/mol. The van der Waals surface area contributed by atoms with Crippen molar-refractivity contribution in [3.8, 4) is 0 Å². The normalized spacial score (nSPS) is 10.8. The Balaban J connectivity index is 0.000000248. The Kier molecular flexibility index (Phi) is 9.48. The second-order valence-corrected chi connectivity index (χ2v) is 7.60. The summed E-state index contributed by atoms with van der Waals surface area (Å²) in [5.41, 5.74) is 6.47. The summed E-state index contributed by atoms with van der Waals surface area (Å²) >= 11 is 0. The van der Waals surface area contributed by atoms with Gasteiger partial charge in [-0.15, -0.1) is 0 Å². The Morgan fingerprint density at radius 3 is 2.44 bits per heavy atom. The van der Waals surface area contributed by atoms with Gasteiger partial charge < -0.3 is 20.5 Å². The molecule has 5 N–H and O–H groups in total. The zero-order valence-electron chi connectivity index (χ0n) is 19.5. The number of fused-ring (bicyclic) bond motifs is 1. The molecule has 34 heavy (non-hydrogen) atoms. The minimum absolute atomic E-state index is 0.0810. The molecule has 2 aromatic heterocycles. The summed E-state index contributed by atoms with van der Waals surface area (Å²) < 4.78 is 13.8. The van der Waals surface area contributed by atoms with Crippen LogP contribution in [-0.4, -0.2) is 65.7 Å². The van der Waals surface area contributed by atoms with Crippen molar-refractivity contribution in [1.29, 1.82) is 0 Å². The first kappa shape index (κ1) is 26.2. The van der Waals surface area contributed by atoms with Gasteiger partial charge in [-0.25, -0.2) is 15.2 Å². The molecule has 0 saturated carbocycles. The maximum Gasteiger partial charge on any atom is 0.253 e. The van der Waals surface area contributed by atoms with Crippen LogP contribution >= 0.6 is 0 Å². The Bertz CT molecular complexity index is 1160. The summed E-state index contributed by atoms with van der Waals surface area (Å²) in [6, 6.07) is 9.36. The first-order chi connectivity index (χ1) is 16.2. The van der Waals surface area contributed by atoms with Crippen molar-refractivity contribution in [3.63, 3.8) is 0 Å². The lowest BCUT2D eigenvalue weighted by Gasteiger charge is -2.19. The van der Waals surface area contributed by atoms with Gasteiger partial charge in [-0.1, -0.05) is 24.8 Å². The Morgan fingerprint density at radius 1 is 1.18 bits per heavy atom. The summed E-state index contributed by atoms with van der Waals surface area (Å²) in [4.78, 5) is 34.0. The number of hydrazine groups is 1. The molecule has 0 aliphatic rings. The highest BCUT2D eigenvalue weighted by Gasteiger charge is 2.18. The molecule has 1 amide bonds. The highest BCUT2D eigenvalue weighted by Crippen LogP contribution is 2.28. The van der Waals surface area contributed by atoms with Crippen molar-refractivity contribution in [3.05, 3.63) is 84.7 Å². The fourth-order valence-corrected chi connectivity index (χ4v) is 3.01. The standard InChI is InChI=1S/C12H12FN5O.C12H18N2O/c1-2-9(19)7-5-16-11-10(7)8(13)6-17-12(11)18(15)4-3-14;1-13(2)9-10-14(3)12(15)11-7-5-4-6-8-11/h2-6,16H,1,14-15H2;4-8H,9-10H2,1-3H3/b4-3-;. The molecule has 1 aromatic carbocycles. The van der Waals surface area contributed by atoms with Gasteiger partial charge in [0.2, 0.25) is 0 Å². The van der Waals surface area contributed by atoms with Gasteiger partial charge in [0, 0.05) is 44.3 Å². The van der Waals surface area contributed by atoms with Gasteiger partial charge >= 0.3 is 0 Å². The number of carbonyl (C=O) groups is 2. The predicted octanol–water partition coefficient (Wildman–Crippen LogP) is 2.50. The van der Waals surface area contributed by atoms with Crippen LogP contribution in [0.5, 0.6) is 0 Å². The number of hydrogen-bond acceptors (Lipinski definition) is 7. The molecule has 0 unspecified atom stereocenters. The molecular formula is C24H30FN7O2. The van der Waals surface area contributed by atoms with Gasteiger partial charge in [0.15, 0.2) is 17.4 Å². The third-order valence-electron chi connectivity index (χ3n) is 4.83. The third kappa shape index (κ3) is 6.50. The van der Waals surface area contributed by atoms with Gasteiger partial charge in [-0.3, -0.25) is 14.6 Å². The molecule has 0 atom stereocenters. The fraction of sp³-hybridized carbons (Fsp3) is 0.208. The monoisotopic (exact) mass is 467 g/mol. The lowest BCUT2D eigenvalue weighted by Crippen LogP contribution is -2.33. The Labute approximate surface area is 198 Å². The van der Waals surface area contributed by atoms with Crippen LogP contribution < -0.4 is 16.6 Å². The number of halogens is 1. The minimum Gasteiger partial charge on any atom is -0.403 e. The van der Waals surface area contributed by atoms with E-state index in [1.165, 1.54) is 18.6 Å². The molecule has 0 fully saturated rings. The van der Waals surface area contributed by atoms with E-state index in [1.54, 1.807) is 4.90 Å². The van der Waals surface area contributed by atoms with Crippen LogP contribution in [0.2, 0.25) is 0 Å². The zero-order valence-corrected chi connectivity index (χ0v) is 19.5. The zero-order chi connectivity index (χ0) is 25.3. The first-order valence-corrected chi connectivity index (χ1v) is 10.4. The molecule has 9 nitrogen and oxygen atoms in total. The van der Waals surface area contributed by atoms with Crippen molar-refractivity contribution in [2.45, 2.75) is 0 Å². The number of hydrogen-bond donors (Lipinski definition) is 3. The highest BCUT2D eigenvalue weighted by molar-refractivity contribution is 6.14. The number of likely N-dealkylation sites (N-methyl/N-ethyl adjacent to an activating group) is 2. The number of H-pyrrole nitrogens is 1. The number of aromatic amines is 1. The quantitative estimate of drug-likeness (QED) is 0.201. The third-order valence-corrected chi connectivity index (χ3v) is 4.83. The molecule has 2 heterocycles. The number of benzene rings is 1. The van der Waals surface area contributed by atoms with Crippen LogP contribution in [0.3, 0.4) is 0 Å². The van der Waals surface area contributed by atoms with Gasteiger partial charge in [0.1, 0.15) is 0 Å². The van der Waals surface area contributed by atoms with E-state index < -0.39 is 5.82 Å². The SMILES string of the molecule is C=CC(=O)c1c[nH]c2c(N(N)/C=C\N)ncc(F)c12.CN(C)CCN(C)C(=O)c1ccccc1. The number of nitrogens with one attached hydrogen (secondary N) is 1. The Hall–Kier alpha value is -4.02. The largest absolute Gasteiger partial charge is 0.403 e. The van der Waals surface area contributed by atoms with Crippen molar-refractivity contribution in [2.75, 3.05) is 39.2 Å². The fourth-order valence-electron chi connectivity index (χ4n) is 3.01. The summed E-state index contributed by atoms with van der Waals surface area (Å²) in [6.45, 7) is 5.01. The van der Waals surface area contributed by atoms with Crippen molar-refractivity contribution in [1.82, 2.24) is 19.8 Å². The molecule has 0 aliphatic carbocycles. The summed E-state index contributed by atoms with van der Waals surface area (Å²) in [7, 11) is 5.83. The number of amides is 1. The number of nitrogens with zero attached hydrogens (tertiary/aromatic N) is 4. The topological polar surface area (TPSA) is 125 Å². The van der Waals surface area contributed by atoms with Crippen LogP contribution in [0.4, 0.5) is 10.2 Å². The van der Waals surface area contributed by atoms with Crippen LogP contribution in [0, 0.1) is 5.82 Å². The number of aromatic nitrogens is 2. The van der Waals surface area contributed by atoms with Gasteiger partial charge in [0.25, 0.3) is 5.91 Å². The molecule has 3 rings (SSSR count). The van der Waals surface area contributed by atoms with Crippen molar-refractivity contribution >= 4 is 28.4 Å². The van der Waals surface area contributed by atoms with E-state index in [2.05, 4.69) is 21.4 Å². The molecule has 3 aromatic rings. The second kappa shape index (κ2) is 12.3. The molecule has 0 spiro atoms. The summed E-state index contributed by atoms with van der Waals surface area (Å²) in [6.07, 6.45) is 6.08. The number of rotatable bonds is 8. The van der Waals surface area contributed by atoms with E-state index in [4.69, 9.17) is 11.6 Å². The maximum absolute atomic E-state index is 13.8. The summed E-state index contributed by atoms with van der Waals surface area (Å²) in [5.74, 6) is 5.02. The molecule has 10 heteroatoms. The lowest BCUT2D eigenvalue weighted by atomic mass is 10.1. The van der Waals surface area contributed by atoms with Crippen molar-refractivity contribution in [2.24, 2.45) is 11.6 Å². The van der Waals surface area contributed by atoms with Crippen molar-refractivity contribution < 1.29 is 14.0 Å². The number of nitrogens with two attached hydrogens (primary N) is 2. The molecule has 0 saturated heterocycles. The first-order valence-electron chi connectivity index (χ1n) is 10.4. The average Bonchev–Trinajstić information content (AvgIpc) is 3.29.